The molecular weight excluding hydrogens is 300 g/mol. The van der Waals surface area contributed by atoms with E-state index in [2.05, 4.69) is 11.8 Å². The molecule has 0 unspecified atom stereocenters. The van der Waals surface area contributed by atoms with E-state index >= 15 is 0 Å². The summed E-state index contributed by atoms with van der Waals surface area (Å²) in [5.74, 6) is 4.00. The molecule has 0 aliphatic heterocycles. The molecule has 0 amide bonds. The monoisotopic (exact) mass is 322 g/mol. The zero-order valence-corrected chi connectivity index (χ0v) is 13.2. The minimum atomic E-state index is -2.21. The van der Waals surface area contributed by atoms with Gasteiger partial charge in [-0.15, -0.1) is 0 Å². The molecule has 0 aliphatic rings. The zero-order chi connectivity index (χ0) is 17.5. The van der Waals surface area contributed by atoms with Crippen LogP contribution in [0.25, 0.3) is 0 Å². The molecule has 0 aromatic heterocycles. The third-order valence-electron chi connectivity index (χ3n) is 3.16. The van der Waals surface area contributed by atoms with Gasteiger partial charge in [-0.2, -0.15) is 0 Å². The van der Waals surface area contributed by atoms with E-state index in [9.17, 15) is 9.90 Å². The van der Waals surface area contributed by atoms with Crippen LogP contribution in [0.15, 0.2) is 30.3 Å². The van der Waals surface area contributed by atoms with E-state index in [1.165, 1.54) is 0 Å². The van der Waals surface area contributed by atoms with Crippen molar-refractivity contribution in [3.8, 4) is 11.8 Å². The average molecular weight is 322 g/mol. The first-order valence-electron chi connectivity index (χ1n) is 7.13. The van der Waals surface area contributed by atoms with Crippen LogP contribution in [0.5, 0.6) is 0 Å². The number of hydrogen-bond acceptors (Lipinski definition) is 5. The van der Waals surface area contributed by atoms with Gasteiger partial charge in [0.2, 0.25) is 0 Å². The maximum absolute atomic E-state index is 10.7. The Morgan fingerprint density at radius 3 is 2.39 bits per heavy atom. The lowest BCUT2D eigenvalue weighted by molar-refractivity contribution is -0.191. The van der Waals surface area contributed by atoms with Crippen LogP contribution in [0, 0.1) is 11.8 Å². The normalized spacial score (nSPS) is 14.0. The molecule has 0 radical (unpaired) electrons. The maximum atomic E-state index is 10.7. The van der Waals surface area contributed by atoms with Crippen LogP contribution < -0.4 is 0 Å². The molecule has 1 atom stereocenters. The summed E-state index contributed by atoms with van der Waals surface area (Å²) >= 11 is 0. The second-order valence-electron chi connectivity index (χ2n) is 5.81. The second-order valence-corrected chi connectivity index (χ2v) is 5.81. The highest BCUT2D eigenvalue weighted by molar-refractivity contribution is 5.68. The summed E-state index contributed by atoms with van der Waals surface area (Å²) < 4.78 is 5.68. The van der Waals surface area contributed by atoms with Gasteiger partial charge < -0.3 is 25.2 Å². The van der Waals surface area contributed by atoms with Crippen LogP contribution >= 0.6 is 0 Å². The summed E-state index contributed by atoms with van der Waals surface area (Å²) in [6.07, 6.45) is -3.40. The fraction of sp³-hybridized carbons (Fsp3) is 0.471. The molecule has 1 aromatic rings. The average Bonchev–Trinajstić information content (AvgIpc) is 2.45. The zero-order valence-electron chi connectivity index (χ0n) is 13.2. The summed E-state index contributed by atoms with van der Waals surface area (Å²) in [7, 11) is 0. The molecule has 0 spiro atoms. The Morgan fingerprint density at radius 2 is 1.87 bits per heavy atom. The highest BCUT2D eigenvalue weighted by atomic mass is 16.5. The fourth-order valence-electron chi connectivity index (χ4n) is 1.79. The Kier molecular flexibility index (Phi) is 6.73. The summed E-state index contributed by atoms with van der Waals surface area (Å²) in [6.45, 7) is 3.81. The molecule has 0 saturated heterocycles. The van der Waals surface area contributed by atoms with Gasteiger partial charge in [-0.05, 0) is 19.4 Å². The maximum Gasteiger partial charge on any atom is 0.306 e. The van der Waals surface area contributed by atoms with Crippen molar-refractivity contribution in [2.75, 3.05) is 0 Å². The summed E-state index contributed by atoms with van der Waals surface area (Å²) in [5.41, 5.74) is -2.06. The lowest BCUT2D eigenvalue weighted by atomic mass is 9.94. The first-order chi connectivity index (χ1) is 10.6. The number of carbonyl (C=O) groups is 1. The Morgan fingerprint density at radius 1 is 1.26 bits per heavy atom. The number of aliphatic hydroxyl groups is 3. The molecule has 0 bridgehead atoms. The predicted molar refractivity (Wildman–Crippen MR) is 83.1 cm³/mol. The molecule has 6 nitrogen and oxygen atoms in total. The number of ether oxygens (including phenoxy) is 1. The number of aliphatic hydroxyl groups excluding tert-OH is 1. The van der Waals surface area contributed by atoms with Crippen LogP contribution in [-0.2, 0) is 16.1 Å². The van der Waals surface area contributed by atoms with Crippen molar-refractivity contribution in [2.24, 2.45) is 0 Å². The van der Waals surface area contributed by atoms with Gasteiger partial charge in [-0.1, -0.05) is 42.2 Å². The number of carboxylic acids is 1. The topological polar surface area (TPSA) is 107 Å². The van der Waals surface area contributed by atoms with Crippen molar-refractivity contribution in [3.05, 3.63) is 35.9 Å². The lowest BCUT2D eigenvalue weighted by Gasteiger charge is -2.26. The largest absolute Gasteiger partial charge is 0.481 e. The van der Waals surface area contributed by atoms with Crippen LogP contribution in [0.2, 0.25) is 0 Å². The lowest BCUT2D eigenvalue weighted by Crippen LogP contribution is -2.44. The van der Waals surface area contributed by atoms with Crippen LogP contribution in [0.1, 0.15) is 32.3 Å². The van der Waals surface area contributed by atoms with Gasteiger partial charge in [0.1, 0.15) is 11.2 Å². The van der Waals surface area contributed by atoms with E-state index in [0.717, 1.165) is 5.56 Å². The first kappa shape index (κ1) is 19.1. The van der Waals surface area contributed by atoms with Gasteiger partial charge in [0.05, 0.1) is 13.0 Å². The molecule has 23 heavy (non-hydrogen) atoms. The standard InChI is InChI=1S/C17H22O6/c1-16(2,23-12-13-7-4-3-5-8-13)9-6-10-17(22,15(20)21)11-14(18)19/h3-5,7-8,15,20-22H,10-12H2,1-2H3,(H,18,19)/t17-/m1/s1. The molecule has 0 aliphatic carbocycles. The van der Waals surface area contributed by atoms with Crippen molar-refractivity contribution < 1.29 is 30.0 Å². The van der Waals surface area contributed by atoms with Gasteiger partial charge >= 0.3 is 5.97 Å². The van der Waals surface area contributed by atoms with E-state index in [1.807, 2.05) is 30.3 Å². The number of benzene rings is 1. The number of hydrogen-bond donors (Lipinski definition) is 4. The van der Waals surface area contributed by atoms with Crippen molar-refractivity contribution in [1.29, 1.82) is 0 Å². The smallest absolute Gasteiger partial charge is 0.306 e. The molecule has 0 fully saturated rings. The van der Waals surface area contributed by atoms with E-state index < -0.39 is 36.3 Å². The van der Waals surface area contributed by atoms with Crippen molar-refractivity contribution in [1.82, 2.24) is 0 Å². The molecule has 0 heterocycles. The van der Waals surface area contributed by atoms with Gasteiger partial charge in [-0.3, -0.25) is 4.79 Å². The van der Waals surface area contributed by atoms with Crippen molar-refractivity contribution >= 4 is 5.97 Å². The highest BCUT2D eigenvalue weighted by Gasteiger charge is 2.36. The molecule has 0 saturated carbocycles. The van der Waals surface area contributed by atoms with Gasteiger partial charge in [0, 0.05) is 6.42 Å². The van der Waals surface area contributed by atoms with Crippen LogP contribution in [0.3, 0.4) is 0 Å². The Hall–Kier alpha value is -1.91. The molecule has 6 heteroatoms. The summed E-state index contributed by atoms with van der Waals surface area (Å²) in [4.78, 5) is 10.7. The Bertz CT molecular complexity index is 570. The van der Waals surface area contributed by atoms with Gasteiger partial charge in [0.15, 0.2) is 6.29 Å². The van der Waals surface area contributed by atoms with E-state index in [0.29, 0.717) is 6.61 Å². The molecule has 126 valence electrons. The fourth-order valence-corrected chi connectivity index (χ4v) is 1.79. The number of aliphatic carboxylic acids is 1. The molecule has 1 rings (SSSR count). The minimum Gasteiger partial charge on any atom is -0.481 e. The second kappa shape index (κ2) is 8.09. The summed E-state index contributed by atoms with van der Waals surface area (Å²) in [5, 5.41) is 36.9. The van der Waals surface area contributed by atoms with Crippen molar-refractivity contribution in [2.45, 2.75) is 50.8 Å². The quantitative estimate of drug-likeness (QED) is 0.439. The minimum absolute atomic E-state index is 0.352. The summed E-state index contributed by atoms with van der Waals surface area (Å²) in [6, 6.07) is 9.52. The van der Waals surface area contributed by atoms with E-state index in [-0.39, 0.29) is 0 Å². The third kappa shape index (κ3) is 6.80. The molecule has 4 N–H and O–H groups in total. The Labute approximate surface area is 135 Å². The van der Waals surface area contributed by atoms with E-state index in [1.54, 1.807) is 13.8 Å². The number of carboxylic acid groups (broad SMARTS) is 1. The molecular formula is C17H22O6. The van der Waals surface area contributed by atoms with Crippen molar-refractivity contribution in [3.63, 3.8) is 0 Å². The molecule has 1 aromatic carbocycles. The SMILES string of the molecule is CC(C)(C#CC[C@@](O)(CC(=O)O)C(O)O)OCc1ccccc1. The van der Waals surface area contributed by atoms with Crippen LogP contribution in [0.4, 0.5) is 0 Å². The van der Waals surface area contributed by atoms with E-state index in [4.69, 9.17) is 20.1 Å². The Balaban J connectivity index is 2.66. The van der Waals surface area contributed by atoms with Gasteiger partial charge in [0.25, 0.3) is 0 Å². The van der Waals surface area contributed by atoms with Gasteiger partial charge in [-0.25, -0.2) is 0 Å². The van der Waals surface area contributed by atoms with Crippen LogP contribution in [-0.4, -0.2) is 43.9 Å². The first-order valence-corrected chi connectivity index (χ1v) is 7.13. The predicted octanol–water partition coefficient (Wildman–Crippen LogP) is 0.892. The number of rotatable bonds is 7. The third-order valence-corrected chi connectivity index (χ3v) is 3.16. The highest BCUT2D eigenvalue weighted by Crippen LogP contribution is 2.19.